The zero-order chi connectivity index (χ0) is 21.7. The molecule has 9 heteroatoms. The number of ether oxygens (including phenoxy) is 3. The number of hydrogen-bond donors (Lipinski definition) is 1. The Morgan fingerprint density at radius 3 is 2.30 bits per heavy atom. The normalized spacial score (nSPS) is 17.2. The van der Waals surface area contributed by atoms with Crippen molar-refractivity contribution in [3.05, 3.63) is 42.5 Å². The van der Waals surface area contributed by atoms with Crippen LogP contribution in [0.4, 0.5) is 5.69 Å². The summed E-state index contributed by atoms with van der Waals surface area (Å²) in [5, 5.41) is 2.85. The van der Waals surface area contributed by atoms with Crippen LogP contribution in [0.2, 0.25) is 0 Å². The predicted molar refractivity (Wildman–Crippen MR) is 113 cm³/mol. The van der Waals surface area contributed by atoms with E-state index >= 15 is 0 Å². The fourth-order valence-corrected chi connectivity index (χ4v) is 4.93. The molecule has 3 rings (SSSR count). The Hall–Kier alpha value is -2.78. The van der Waals surface area contributed by atoms with Crippen LogP contribution >= 0.6 is 0 Å². The number of amides is 1. The van der Waals surface area contributed by atoms with Crippen molar-refractivity contribution in [1.82, 2.24) is 4.31 Å². The Labute approximate surface area is 176 Å². The summed E-state index contributed by atoms with van der Waals surface area (Å²) < 4.78 is 42.9. The molecular formula is C21H26N2O6S. The highest BCUT2D eigenvalue weighted by atomic mass is 32.2. The highest BCUT2D eigenvalue weighted by Crippen LogP contribution is 2.31. The molecule has 1 fully saturated rings. The van der Waals surface area contributed by atoms with Crippen LogP contribution in [0.1, 0.15) is 12.8 Å². The highest BCUT2D eigenvalue weighted by molar-refractivity contribution is 7.89. The number of carbonyl (C=O) groups is 1. The quantitative estimate of drug-likeness (QED) is 0.720. The Kier molecular flexibility index (Phi) is 6.84. The van der Waals surface area contributed by atoms with Crippen LogP contribution in [0.15, 0.2) is 47.4 Å². The van der Waals surface area contributed by atoms with Gasteiger partial charge in [-0.15, -0.1) is 0 Å². The number of piperidine rings is 1. The summed E-state index contributed by atoms with van der Waals surface area (Å²) in [6.07, 6.45) is 1.21. The van der Waals surface area contributed by atoms with E-state index < -0.39 is 15.9 Å². The zero-order valence-corrected chi connectivity index (χ0v) is 18.1. The molecule has 0 bridgehead atoms. The molecule has 30 heavy (non-hydrogen) atoms. The number of nitrogens with one attached hydrogen (secondary N) is 1. The summed E-state index contributed by atoms with van der Waals surface area (Å²) in [4.78, 5) is 13.0. The summed E-state index contributed by atoms with van der Waals surface area (Å²) in [5.74, 6) is 0.963. The molecule has 0 saturated carbocycles. The van der Waals surface area contributed by atoms with Gasteiger partial charge in [0, 0.05) is 19.2 Å². The van der Waals surface area contributed by atoms with E-state index in [2.05, 4.69) is 5.32 Å². The molecule has 1 saturated heterocycles. The SMILES string of the molecule is COc1ccc(S(=O)(=O)N2CCCC(C(=O)Nc3ccc(OC)cc3OC)C2)cc1. The number of sulfonamides is 1. The van der Waals surface area contributed by atoms with E-state index in [9.17, 15) is 13.2 Å². The van der Waals surface area contributed by atoms with Crippen molar-refractivity contribution in [2.45, 2.75) is 17.7 Å². The van der Waals surface area contributed by atoms with Crippen molar-refractivity contribution in [2.75, 3.05) is 39.7 Å². The van der Waals surface area contributed by atoms with Gasteiger partial charge in [-0.2, -0.15) is 4.31 Å². The van der Waals surface area contributed by atoms with Crippen molar-refractivity contribution < 1.29 is 27.4 Å². The monoisotopic (exact) mass is 434 g/mol. The van der Waals surface area contributed by atoms with E-state index in [1.165, 1.54) is 30.7 Å². The van der Waals surface area contributed by atoms with Gasteiger partial charge in [0.25, 0.3) is 0 Å². The summed E-state index contributed by atoms with van der Waals surface area (Å²) >= 11 is 0. The van der Waals surface area contributed by atoms with Crippen LogP contribution in [0.25, 0.3) is 0 Å². The van der Waals surface area contributed by atoms with Gasteiger partial charge in [0.2, 0.25) is 15.9 Å². The maximum atomic E-state index is 13.0. The minimum absolute atomic E-state index is 0.124. The van der Waals surface area contributed by atoms with Gasteiger partial charge in [0.1, 0.15) is 17.2 Å². The average molecular weight is 435 g/mol. The molecule has 1 N–H and O–H groups in total. The lowest BCUT2D eigenvalue weighted by atomic mass is 9.98. The van der Waals surface area contributed by atoms with Crippen LogP contribution in [0.5, 0.6) is 17.2 Å². The fourth-order valence-electron chi connectivity index (χ4n) is 3.41. The first-order valence-electron chi connectivity index (χ1n) is 9.56. The van der Waals surface area contributed by atoms with E-state index in [0.717, 1.165) is 0 Å². The molecule has 0 aromatic heterocycles. The Bertz CT molecular complexity index is 991. The fraction of sp³-hybridized carbons (Fsp3) is 0.381. The Morgan fingerprint density at radius 1 is 1.00 bits per heavy atom. The topological polar surface area (TPSA) is 94.2 Å². The molecule has 0 spiro atoms. The third-order valence-electron chi connectivity index (χ3n) is 5.12. The van der Waals surface area contributed by atoms with Crippen molar-refractivity contribution in [3.63, 3.8) is 0 Å². The average Bonchev–Trinajstić information content (AvgIpc) is 2.79. The lowest BCUT2D eigenvalue weighted by Gasteiger charge is -2.31. The molecule has 8 nitrogen and oxygen atoms in total. The molecule has 0 radical (unpaired) electrons. The highest BCUT2D eigenvalue weighted by Gasteiger charge is 2.33. The van der Waals surface area contributed by atoms with Crippen molar-refractivity contribution >= 4 is 21.6 Å². The molecule has 1 aliphatic heterocycles. The number of nitrogens with zero attached hydrogens (tertiary/aromatic N) is 1. The number of benzene rings is 2. The summed E-state index contributed by atoms with van der Waals surface area (Å²) in [6.45, 7) is 0.503. The standard InChI is InChI=1S/C21H26N2O6S/c1-27-16-6-9-18(10-7-16)30(25,26)23-12-4-5-15(14-23)21(24)22-19-11-8-17(28-2)13-20(19)29-3/h6-11,13,15H,4-5,12,14H2,1-3H3,(H,22,24). The Morgan fingerprint density at radius 2 is 1.67 bits per heavy atom. The lowest BCUT2D eigenvalue weighted by Crippen LogP contribution is -2.43. The molecule has 1 heterocycles. The van der Waals surface area contributed by atoms with Crippen LogP contribution < -0.4 is 19.5 Å². The number of anilines is 1. The molecule has 162 valence electrons. The van der Waals surface area contributed by atoms with Crippen LogP contribution in [0, 0.1) is 5.92 Å². The summed E-state index contributed by atoms with van der Waals surface area (Å²) in [6, 6.07) is 11.3. The van der Waals surface area contributed by atoms with Gasteiger partial charge in [-0.3, -0.25) is 4.79 Å². The van der Waals surface area contributed by atoms with E-state index in [-0.39, 0.29) is 17.3 Å². The first-order valence-corrected chi connectivity index (χ1v) is 11.0. The van der Waals surface area contributed by atoms with Crippen LogP contribution in [0.3, 0.4) is 0 Å². The van der Waals surface area contributed by atoms with E-state index in [0.29, 0.717) is 42.3 Å². The molecule has 1 amide bonds. The maximum absolute atomic E-state index is 13.0. The molecule has 2 aromatic carbocycles. The first kappa shape index (κ1) is 21.9. The Balaban J connectivity index is 1.73. The lowest BCUT2D eigenvalue weighted by molar-refractivity contribution is -0.120. The van der Waals surface area contributed by atoms with E-state index in [1.807, 2.05) is 0 Å². The second-order valence-corrected chi connectivity index (χ2v) is 8.87. The summed E-state index contributed by atoms with van der Waals surface area (Å²) in [7, 11) is 0.888. The number of rotatable bonds is 7. The zero-order valence-electron chi connectivity index (χ0n) is 17.3. The molecule has 0 aliphatic carbocycles. The molecule has 1 aliphatic rings. The van der Waals surface area contributed by atoms with Gasteiger partial charge in [-0.1, -0.05) is 0 Å². The first-order chi connectivity index (χ1) is 14.4. The molecular weight excluding hydrogens is 408 g/mol. The van der Waals surface area contributed by atoms with Gasteiger partial charge in [0.15, 0.2) is 0 Å². The van der Waals surface area contributed by atoms with Gasteiger partial charge < -0.3 is 19.5 Å². The second-order valence-electron chi connectivity index (χ2n) is 6.93. The number of hydrogen-bond acceptors (Lipinski definition) is 6. The van der Waals surface area contributed by atoms with Crippen molar-refractivity contribution in [1.29, 1.82) is 0 Å². The smallest absolute Gasteiger partial charge is 0.243 e. The van der Waals surface area contributed by atoms with Gasteiger partial charge >= 0.3 is 0 Å². The van der Waals surface area contributed by atoms with Crippen molar-refractivity contribution in [3.8, 4) is 17.2 Å². The molecule has 2 aromatic rings. The van der Waals surface area contributed by atoms with Gasteiger partial charge in [0.05, 0.1) is 37.8 Å². The predicted octanol–water partition coefficient (Wildman–Crippen LogP) is 2.75. The molecule has 1 unspecified atom stereocenters. The number of carbonyl (C=O) groups excluding carboxylic acids is 1. The van der Waals surface area contributed by atoms with E-state index in [1.54, 1.807) is 37.4 Å². The third-order valence-corrected chi connectivity index (χ3v) is 7.00. The van der Waals surface area contributed by atoms with Crippen LogP contribution in [-0.2, 0) is 14.8 Å². The van der Waals surface area contributed by atoms with Gasteiger partial charge in [-0.05, 0) is 49.2 Å². The van der Waals surface area contributed by atoms with Crippen molar-refractivity contribution in [2.24, 2.45) is 5.92 Å². The minimum atomic E-state index is -3.69. The third kappa shape index (κ3) is 4.68. The molecule has 1 atom stereocenters. The number of methoxy groups -OCH3 is 3. The largest absolute Gasteiger partial charge is 0.497 e. The maximum Gasteiger partial charge on any atom is 0.243 e. The second kappa shape index (κ2) is 9.36. The van der Waals surface area contributed by atoms with E-state index in [4.69, 9.17) is 14.2 Å². The van der Waals surface area contributed by atoms with Crippen LogP contribution in [-0.4, -0.2) is 53.0 Å². The summed E-state index contributed by atoms with van der Waals surface area (Å²) in [5.41, 5.74) is 0.512. The minimum Gasteiger partial charge on any atom is -0.497 e. The van der Waals surface area contributed by atoms with Gasteiger partial charge in [-0.25, -0.2) is 8.42 Å².